The summed E-state index contributed by atoms with van der Waals surface area (Å²) in [7, 11) is 0. The highest BCUT2D eigenvalue weighted by molar-refractivity contribution is 7.99. The Bertz CT molecular complexity index is 917. The van der Waals surface area contributed by atoms with Gasteiger partial charge in [-0.3, -0.25) is 9.36 Å². The Hall–Kier alpha value is -1.06. The van der Waals surface area contributed by atoms with Crippen LogP contribution in [-0.2, 0) is 24.1 Å². The molecule has 0 saturated carbocycles. The van der Waals surface area contributed by atoms with Gasteiger partial charge in [-0.1, -0.05) is 18.7 Å². The highest BCUT2D eigenvalue weighted by atomic mass is 32.2. The molecule has 2 unspecified atom stereocenters. The van der Waals surface area contributed by atoms with Crippen LogP contribution < -0.4 is 5.56 Å². The zero-order valence-corrected chi connectivity index (χ0v) is 17.3. The van der Waals surface area contributed by atoms with Crippen molar-refractivity contribution in [3.8, 4) is 0 Å². The molecular weight excluding hydrogens is 409 g/mol. The Labute approximate surface area is 169 Å². The fourth-order valence-electron chi connectivity index (χ4n) is 3.93. The molecule has 2 atom stereocenters. The van der Waals surface area contributed by atoms with Gasteiger partial charge in [0.15, 0.2) is 5.16 Å². The molecule has 2 aromatic heterocycles. The molecule has 1 fully saturated rings. The van der Waals surface area contributed by atoms with Crippen molar-refractivity contribution in [2.75, 3.05) is 12.4 Å². The smallest absolute Gasteiger partial charge is 0.376 e. The van der Waals surface area contributed by atoms with E-state index in [0.717, 1.165) is 49.4 Å². The first-order valence-electron chi connectivity index (χ1n) is 9.68. The van der Waals surface area contributed by atoms with Crippen LogP contribution in [0.25, 0.3) is 10.2 Å². The number of hydrogen-bond acceptors (Lipinski definition) is 5. The monoisotopic (exact) mass is 432 g/mol. The van der Waals surface area contributed by atoms with Gasteiger partial charge in [-0.2, -0.15) is 13.2 Å². The number of thiophene rings is 1. The van der Waals surface area contributed by atoms with E-state index < -0.39 is 12.6 Å². The number of hydrogen-bond donors (Lipinski definition) is 0. The Balaban J connectivity index is 1.73. The second kappa shape index (κ2) is 7.99. The molecule has 2 aliphatic rings. The molecule has 0 amide bonds. The van der Waals surface area contributed by atoms with Gasteiger partial charge in [0.05, 0.1) is 24.5 Å². The van der Waals surface area contributed by atoms with Crippen LogP contribution in [0.15, 0.2) is 9.95 Å². The first kappa shape index (κ1) is 20.2. The number of aromatic nitrogens is 2. The zero-order chi connectivity index (χ0) is 19.9. The summed E-state index contributed by atoms with van der Waals surface area (Å²) in [6.07, 6.45) is -0.529. The highest BCUT2D eigenvalue weighted by Gasteiger charge is 2.29. The summed E-state index contributed by atoms with van der Waals surface area (Å²) in [5.41, 5.74) is 0.977. The number of halogens is 3. The summed E-state index contributed by atoms with van der Waals surface area (Å²) in [5, 5.41) is 1.05. The minimum absolute atomic E-state index is 0.0756. The molecule has 4 rings (SSSR count). The summed E-state index contributed by atoms with van der Waals surface area (Å²) < 4.78 is 45.0. The molecule has 1 aliphatic carbocycles. The SMILES string of the molecule is CC1CCc2c(sc3nc(SCCC(F)(F)F)n(CC4CCCO4)c(=O)c23)C1. The van der Waals surface area contributed by atoms with E-state index in [4.69, 9.17) is 4.74 Å². The van der Waals surface area contributed by atoms with Crippen molar-refractivity contribution in [1.82, 2.24) is 9.55 Å². The largest absolute Gasteiger partial charge is 0.389 e. The third-order valence-electron chi connectivity index (χ3n) is 5.41. The van der Waals surface area contributed by atoms with Gasteiger partial charge in [0.2, 0.25) is 0 Å². The summed E-state index contributed by atoms with van der Waals surface area (Å²) in [6, 6.07) is 0. The third-order valence-corrected chi connectivity index (χ3v) is 7.53. The summed E-state index contributed by atoms with van der Waals surface area (Å²) in [4.78, 5) is 19.9. The number of aryl methyl sites for hydroxylation is 1. The van der Waals surface area contributed by atoms with E-state index in [2.05, 4.69) is 11.9 Å². The Morgan fingerprint density at radius 3 is 2.89 bits per heavy atom. The molecule has 3 heterocycles. The highest BCUT2D eigenvalue weighted by Crippen LogP contribution is 2.37. The third kappa shape index (κ3) is 4.26. The van der Waals surface area contributed by atoms with Crippen molar-refractivity contribution in [1.29, 1.82) is 0 Å². The van der Waals surface area contributed by atoms with Crippen LogP contribution in [0.4, 0.5) is 13.2 Å². The molecule has 9 heteroatoms. The lowest BCUT2D eigenvalue weighted by Gasteiger charge is -2.18. The Morgan fingerprint density at radius 1 is 1.36 bits per heavy atom. The standard InChI is InChI=1S/C19H23F3N2O2S2/c1-11-4-5-13-14(9-11)28-16-15(13)17(25)24(10-12-3-2-7-26-12)18(23-16)27-8-6-19(20,21)22/h11-12H,2-10H2,1H3. The summed E-state index contributed by atoms with van der Waals surface area (Å²) in [6.45, 7) is 3.23. The van der Waals surface area contributed by atoms with Crippen LogP contribution in [-0.4, -0.2) is 34.2 Å². The maximum absolute atomic E-state index is 13.4. The van der Waals surface area contributed by atoms with Gasteiger partial charge >= 0.3 is 6.18 Å². The number of thioether (sulfide) groups is 1. The Kier molecular flexibility index (Phi) is 5.77. The van der Waals surface area contributed by atoms with Gasteiger partial charge < -0.3 is 4.74 Å². The van der Waals surface area contributed by atoms with Gasteiger partial charge in [0.1, 0.15) is 4.83 Å². The molecule has 0 bridgehead atoms. The average molecular weight is 433 g/mol. The number of alkyl halides is 3. The first-order valence-corrected chi connectivity index (χ1v) is 11.5. The van der Waals surface area contributed by atoms with Crippen LogP contribution in [0.1, 0.15) is 43.0 Å². The maximum Gasteiger partial charge on any atom is 0.389 e. The lowest BCUT2D eigenvalue weighted by atomic mass is 9.89. The topological polar surface area (TPSA) is 44.1 Å². The van der Waals surface area contributed by atoms with Crippen molar-refractivity contribution in [3.05, 3.63) is 20.8 Å². The van der Waals surface area contributed by atoms with Crippen molar-refractivity contribution in [3.63, 3.8) is 0 Å². The molecule has 0 N–H and O–H groups in total. The fraction of sp³-hybridized carbons (Fsp3) is 0.684. The predicted molar refractivity (Wildman–Crippen MR) is 105 cm³/mol. The lowest BCUT2D eigenvalue weighted by Crippen LogP contribution is -2.29. The molecular formula is C19H23F3N2O2S2. The second-order valence-electron chi connectivity index (χ2n) is 7.69. The molecule has 0 spiro atoms. The molecule has 154 valence electrons. The number of rotatable bonds is 5. The number of nitrogens with zero attached hydrogens (tertiary/aromatic N) is 2. The van der Waals surface area contributed by atoms with Gasteiger partial charge in [-0.15, -0.1) is 11.3 Å². The lowest BCUT2D eigenvalue weighted by molar-refractivity contribution is -0.129. The fourth-order valence-corrected chi connectivity index (χ4v) is 6.34. The predicted octanol–water partition coefficient (Wildman–Crippen LogP) is 4.81. The quantitative estimate of drug-likeness (QED) is 0.503. The van der Waals surface area contributed by atoms with Crippen molar-refractivity contribution >= 4 is 33.3 Å². The van der Waals surface area contributed by atoms with Crippen LogP contribution in [0.3, 0.4) is 0 Å². The van der Waals surface area contributed by atoms with Gasteiger partial charge in [-0.25, -0.2) is 4.98 Å². The van der Waals surface area contributed by atoms with E-state index in [9.17, 15) is 18.0 Å². The maximum atomic E-state index is 13.4. The normalized spacial score (nSPS) is 22.7. The minimum atomic E-state index is -4.21. The molecule has 0 radical (unpaired) electrons. The van der Waals surface area contributed by atoms with Crippen LogP contribution in [0.2, 0.25) is 0 Å². The van der Waals surface area contributed by atoms with Crippen LogP contribution in [0, 0.1) is 5.92 Å². The van der Waals surface area contributed by atoms with Gasteiger partial charge in [0, 0.05) is 17.2 Å². The molecule has 28 heavy (non-hydrogen) atoms. The van der Waals surface area contributed by atoms with Crippen molar-refractivity contribution in [2.24, 2.45) is 5.92 Å². The zero-order valence-electron chi connectivity index (χ0n) is 15.7. The molecule has 2 aromatic rings. The Morgan fingerprint density at radius 2 is 2.18 bits per heavy atom. The van der Waals surface area contributed by atoms with E-state index in [1.165, 1.54) is 16.2 Å². The summed E-state index contributed by atoms with van der Waals surface area (Å²) >= 11 is 2.55. The van der Waals surface area contributed by atoms with Crippen molar-refractivity contribution in [2.45, 2.75) is 69.4 Å². The van der Waals surface area contributed by atoms with Gasteiger partial charge in [-0.05, 0) is 43.6 Å². The van der Waals surface area contributed by atoms with Gasteiger partial charge in [0.25, 0.3) is 5.56 Å². The van der Waals surface area contributed by atoms with Crippen LogP contribution >= 0.6 is 23.1 Å². The van der Waals surface area contributed by atoms with E-state index in [1.807, 2.05) is 0 Å². The second-order valence-corrected chi connectivity index (χ2v) is 9.84. The molecule has 4 nitrogen and oxygen atoms in total. The van der Waals surface area contributed by atoms with Crippen molar-refractivity contribution < 1.29 is 17.9 Å². The van der Waals surface area contributed by atoms with E-state index in [-0.39, 0.29) is 17.4 Å². The summed E-state index contributed by atoms with van der Waals surface area (Å²) in [5.74, 6) is 0.435. The van der Waals surface area contributed by atoms with E-state index in [0.29, 0.717) is 34.4 Å². The molecule has 0 aromatic carbocycles. The molecule has 1 saturated heterocycles. The van der Waals surface area contributed by atoms with E-state index >= 15 is 0 Å². The van der Waals surface area contributed by atoms with E-state index in [1.54, 1.807) is 4.57 Å². The average Bonchev–Trinajstić information content (AvgIpc) is 3.23. The molecule has 1 aliphatic heterocycles. The number of fused-ring (bicyclic) bond motifs is 3. The first-order chi connectivity index (χ1) is 13.3. The van der Waals surface area contributed by atoms with Crippen LogP contribution in [0.5, 0.6) is 0 Å². The minimum Gasteiger partial charge on any atom is -0.376 e. The number of ether oxygens (including phenoxy) is 1.